The Kier molecular flexibility index (Phi) is 6.37. The van der Waals surface area contributed by atoms with Crippen LogP contribution in [-0.4, -0.2) is 51.6 Å². The van der Waals surface area contributed by atoms with E-state index in [2.05, 4.69) is 4.72 Å². The Morgan fingerprint density at radius 3 is 2.33 bits per heavy atom. The predicted octanol–water partition coefficient (Wildman–Crippen LogP) is 1.55. The summed E-state index contributed by atoms with van der Waals surface area (Å²) in [6.07, 6.45) is 0.460. The van der Waals surface area contributed by atoms with Gasteiger partial charge in [-0.25, -0.2) is 8.42 Å². The van der Waals surface area contributed by atoms with Gasteiger partial charge in [0.25, 0.3) is 0 Å². The summed E-state index contributed by atoms with van der Waals surface area (Å²) >= 11 is 0. The highest BCUT2D eigenvalue weighted by Crippen LogP contribution is 2.15. The van der Waals surface area contributed by atoms with E-state index in [1.165, 1.54) is 0 Å². The van der Waals surface area contributed by atoms with Gasteiger partial charge in [0.2, 0.25) is 15.9 Å². The molecule has 1 heterocycles. The number of rotatable bonds is 6. The lowest BCUT2D eigenvalue weighted by atomic mass is 10.0. The molecule has 1 aliphatic rings. The van der Waals surface area contributed by atoms with Crippen LogP contribution >= 0.6 is 0 Å². The van der Waals surface area contributed by atoms with Crippen molar-refractivity contribution in [2.75, 3.05) is 26.3 Å². The summed E-state index contributed by atoms with van der Waals surface area (Å²) in [6.45, 7) is 7.82. The maximum Gasteiger partial charge on any atom is 0.241 e. The molecule has 0 bridgehead atoms. The SMILES string of the molecule is Cc1ccc(S(=O)(=O)N[C@H](CC(C)C)C(=O)N2CCOCC2)cc1. The second kappa shape index (κ2) is 8.09. The third-order valence-corrected chi connectivity index (χ3v) is 5.44. The van der Waals surface area contributed by atoms with Crippen molar-refractivity contribution in [1.29, 1.82) is 0 Å². The fourth-order valence-electron chi connectivity index (χ4n) is 2.65. The molecule has 7 heteroatoms. The highest BCUT2D eigenvalue weighted by atomic mass is 32.2. The number of amides is 1. The van der Waals surface area contributed by atoms with Crippen molar-refractivity contribution in [3.05, 3.63) is 29.8 Å². The molecule has 1 fully saturated rings. The van der Waals surface area contributed by atoms with E-state index in [0.29, 0.717) is 32.7 Å². The van der Waals surface area contributed by atoms with Gasteiger partial charge >= 0.3 is 0 Å². The van der Waals surface area contributed by atoms with Gasteiger partial charge in [-0.1, -0.05) is 31.5 Å². The van der Waals surface area contributed by atoms with Crippen molar-refractivity contribution in [3.8, 4) is 0 Å². The Bertz CT molecular complexity index is 650. The minimum absolute atomic E-state index is 0.177. The van der Waals surface area contributed by atoms with E-state index in [1.807, 2.05) is 20.8 Å². The molecule has 0 spiro atoms. The zero-order valence-corrected chi connectivity index (χ0v) is 15.3. The lowest BCUT2D eigenvalue weighted by Crippen LogP contribution is -2.52. The van der Waals surface area contributed by atoms with Crippen molar-refractivity contribution in [2.24, 2.45) is 5.92 Å². The van der Waals surface area contributed by atoms with Gasteiger partial charge in [-0.15, -0.1) is 0 Å². The fourth-order valence-corrected chi connectivity index (χ4v) is 3.85. The first kappa shape index (κ1) is 18.9. The Morgan fingerprint density at radius 2 is 1.79 bits per heavy atom. The minimum atomic E-state index is -3.73. The Labute approximate surface area is 144 Å². The molecule has 1 aromatic carbocycles. The van der Waals surface area contributed by atoms with Crippen molar-refractivity contribution in [1.82, 2.24) is 9.62 Å². The molecule has 1 aliphatic heterocycles. The zero-order valence-electron chi connectivity index (χ0n) is 14.5. The van der Waals surface area contributed by atoms with E-state index in [9.17, 15) is 13.2 Å². The average Bonchev–Trinajstić information content (AvgIpc) is 2.54. The van der Waals surface area contributed by atoms with Crippen LogP contribution in [0.3, 0.4) is 0 Å². The fraction of sp³-hybridized carbons (Fsp3) is 0.588. The highest BCUT2D eigenvalue weighted by Gasteiger charge is 2.30. The molecule has 24 heavy (non-hydrogen) atoms. The van der Waals surface area contributed by atoms with E-state index in [-0.39, 0.29) is 16.7 Å². The molecular formula is C17H26N2O4S. The van der Waals surface area contributed by atoms with Gasteiger partial charge in [0.15, 0.2) is 0 Å². The second-order valence-electron chi connectivity index (χ2n) is 6.55. The molecule has 1 amide bonds. The van der Waals surface area contributed by atoms with Crippen LogP contribution in [0.4, 0.5) is 0 Å². The molecular weight excluding hydrogens is 328 g/mol. The number of ether oxygens (including phenoxy) is 1. The Hall–Kier alpha value is -1.44. The van der Waals surface area contributed by atoms with Crippen LogP contribution in [0.25, 0.3) is 0 Å². The number of carbonyl (C=O) groups excluding carboxylic acids is 1. The third-order valence-electron chi connectivity index (χ3n) is 3.96. The van der Waals surface area contributed by atoms with Crippen LogP contribution in [0.15, 0.2) is 29.2 Å². The van der Waals surface area contributed by atoms with E-state index >= 15 is 0 Å². The smallest absolute Gasteiger partial charge is 0.241 e. The van der Waals surface area contributed by atoms with Crippen LogP contribution in [0.5, 0.6) is 0 Å². The average molecular weight is 354 g/mol. The molecule has 6 nitrogen and oxygen atoms in total. The number of hydrogen-bond donors (Lipinski definition) is 1. The van der Waals surface area contributed by atoms with E-state index in [4.69, 9.17) is 4.74 Å². The van der Waals surface area contributed by atoms with Crippen LogP contribution in [0.2, 0.25) is 0 Å². The number of sulfonamides is 1. The van der Waals surface area contributed by atoms with Gasteiger partial charge in [-0.3, -0.25) is 4.79 Å². The number of aryl methyl sites for hydroxylation is 1. The van der Waals surface area contributed by atoms with Crippen LogP contribution in [0.1, 0.15) is 25.8 Å². The first-order chi connectivity index (χ1) is 11.3. The van der Waals surface area contributed by atoms with Crippen LogP contribution in [-0.2, 0) is 19.6 Å². The van der Waals surface area contributed by atoms with E-state index in [1.54, 1.807) is 29.2 Å². The quantitative estimate of drug-likeness (QED) is 0.841. The molecule has 2 rings (SSSR count). The van der Waals surface area contributed by atoms with Gasteiger partial charge in [0.1, 0.15) is 6.04 Å². The monoisotopic (exact) mass is 354 g/mol. The molecule has 0 saturated carbocycles. The molecule has 0 aliphatic carbocycles. The number of hydrogen-bond acceptors (Lipinski definition) is 4. The number of benzene rings is 1. The summed E-state index contributed by atoms with van der Waals surface area (Å²) in [6, 6.07) is 5.85. The van der Waals surface area contributed by atoms with Crippen LogP contribution < -0.4 is 4.72 Å². The van der Waals surface area contributed by atoms with Crippen molar-refractivity contribution in [2.45, 2.75) is 38.1 Å². The van der Waals surface area contributed by atoms with Gasteiger partial charge in [0.05, 0.1) is 18.1 Å². The van der Waals surface area contributed by atoms with Gasteiger partial charge in [-0.2, -0.15) is 4.72 Å². The van der Waals surface area contributed by atoms with Crippen molar-refractivity contribution >= 4 is 15.9 Å². The Morgan fingerprint density at radius 1 is 1.21 bits per heavy atom. The maximum absolute atomic E-state index is 12.7. The van der Waals surface area contributed by atoms with E-state index < -0.39 is 16.1 Å². The number of morpholine rings is 1. The summed E-state index contributed by atoms with van der Waals surface area (Å²) in [5.74, 6) is 0.0170. The van der Waals surface area contributed by atoms with Gasteiger partial charge in [0, 0.05) is 13.1 Å². The zero-order chi connectivity index (χ0) is 17.7. The standard InChI is InChI=1S/C17H26N2O4S/c1-13(2)12-16(17(20)19-8-10-23-11-9-19)18-24(21,22)15-6-4-14(3)5-7-15/h4-7,13,16,18H,8-12H2,1-3H3/t16-/m1/s1. The van der Waals surface area contributed by atoms with Crippen molar-refractivity contribution < 1.29 is 17.9 Å². The summed E-state index contributed by atoms with van der Waals surface area (Å²) < 4.78 is 33.1. The Balaban J connectivity index is 2.17. The molecule has 134 valence electrons. The summed E-state index contributed by atoms with van der Waals surface area (Å²) in [5.41, 5.74) is 0.983. The summed E-state index contributed by atoms with van der Waals surface area (Å²) in [4.78, 5) is 14.6. The van der Waals surface area contributed by atoms with Crippen molar-refractivity contribution in [3.63, 3.8) is 0 Å². The predicted molar refractivity (Wildman–Crippen MR) is 92.1 cm³/mol. The molecule has 0 radical (unpaired) electrons. The number of nitrogens with zero attached hydrogens (tertiary/aromatic N) is 1. The lowest BCUT2D eigenvalue weighted by molar-refractivity contribution is -0.137. The molecule has 1 N–H and O–H groups in total. The first-order valence-electron chi connectivity index (χ1n) is 8.25. The molecule has 1 atom stereocenters. The van der Waals surface area contributed by atoms with E-state index in [0.717, 1.165) is 5.56 Å². The molecule has 0 aromatic heterocycles. The molecule has 0 unspecified atom stereocenters. The lowest BCUT2D eigenvalue weighted by Gasteiger charge is -2.31. The third kappa shape index (κ3) is 5.03. The second-order valence-corrected chi connectivity index (χ2v) is 8.27. The minimum Gasteiger partial charge on any atom is -0.378 e. The topological polar surface area (TPSA) is 75.7 Å². The molecule has 1 saturated heterocycles. The van der Waals surface area contributed by atoms with Gasteiger partial charge < -0.3 is 9.64 Å². The number of carbonyl (C=O) groups is 1. The van der Waals surface area contributed by atoms with Gasteiger partial charge in [-0.05, 0) is 31.4 Å². The normalized spacial score (nSPS) is 17.1. The largest absolute Gasteiger partial charge is 0.378 e. The maximum atomic E-state index is 12.7. The molecule has 1 aromatic rings. The summed E-state index contributed by atoms with van der Waals surface area (Å²) in [7, 11) is -3.73. The van der Waals surface area contributed by atoms with Crippen LogP contribution in [0, 0.1) is 12.8 Å². The number of nitrogens with one attached hydrogen (secondary N) is 1. The highest BCUT2D eigenvalue weighted by molar-refractivity contribution is 7.89. The summed E-state index contributed by atoms with van der Waals surface area (Å²) in [5, 5.41) is 0. The first-order valence-corrected chi connectivity index (χ1v) is 9.73.